The molecule has 0 atom stereocenters. The lowest BCUT2D eigenvalue weighted by Gasteiger charge is -2.10. The first-order valence-electron chi connectivity index (χ1n) is 7.38. The van der Waals surface area contributed by atoms with Gasteiger partial charge in [0.2, 0.25) is 0 Å². The summed E-state index contributed by atoms with van der Waals surface area (Å²) in [4.78, 5) is 0. The predicted octanol–water partition coefficient (Wildman–Crippen LogP) is 3.51. The minimum atomic E-state index is 0.208. The van der Waals surface area contributed by atoms with Crippen molar-refractivity contribution < 1.29 is 9.84 Å². The summed E-state index contributed by atoms with van der Waals surface area (Å²) in [7, 11) is 0. The van der Waals surface area contributed by atoms with E-state index in [1.165, 1.54) is 11.1 Å². The van der Waals surface area contributed by atoms with Crippen molar-refractivity contribution in [1.82, 2.24) is 5.32 Å². The number of hydrogen-bond donors (Lipinski definition) is 2. The summed E-state index contributed by atoms with van der Waals surface area (Å²) in [6, 6.07) is 15.6. The number of aromatic hydroxyl groups is 1. The molecule has 3 heteroatoms. The standard InChI is InChI=1S/C18H23NO2/c1-14(2)21-18-9-5-16(6-10-18)13-19-12-11-15-3-7-17(20)8-4-15/h3-10,14,19-20H,11-13H2,1-2H3. The summed E-state index contributed by atoms with van der Waals surface area (Å²) in [6.45, 7) is 5.81. The third-order valence-electron chi connectivity index (χ3n) is 3.15. The number of hydrogen-bond acceptors (Lipinski definition) is 3. The number of ether oxygens (including phenoxy) is 1. The van der Waals surface area contributed by atoms with Crippen molar-refractivity contribution in [1.29, 1.82) is 0 Å². The van der Waals surface area contributed by atoms with Crippen LogP contribution in [0.5, 0.6) is 11.5 Å². The van der Waals surface area contributed by atoms with Crippen molar-refractivity contribution in [2.75, 3.05) is 6.54 Å². The van der Waals surface area contributed by atoms with E-state index in [9.17, 15) is 5.11 Å². The molecule has 0 aromatic heterocycles. The Labute approximate surface area is 126 Å². The number of phenolic OH excluding ortho intramolecular Hbond substituents is 1. The number of rotatable bonds is 7. The minimum absolute atomic E-state index is 0.208. The van der Waals surface area contributed by atoms with Crippen LogP contribution in [0.25, 0.3) is 0 Å². The first kappa shape index (κ1) is 15.4. The first-order valence-corrected chi connectivity index (χ1v) is 7.38. The van der Waals surface area contributed by atoms with Gasteiger partial charge in [0.25, 0.3) is 0 Å². The molecule has 0 amide bonds. The van der Waals surface area contributed by atoms with Gasteiger partial charge in [-0.15, -0.1) is 0 Å². The van der Waals surface area contributed by atoms with Crippen LogP contribution in [0, 0.1) is 0 Å². The molecule has 0 saturated heterocycles. The lowest BCUT2D eigenvalue weighted by atomic mass is 10.1. The van der Waals surface area contributed by atoms with Gasteiger partial charge in [-0.25, -0.2) is 0 Å². The maximum Gasteiger partial charge on any atom is 0.119 e. The van der Waals surface area contributed by atoms with E-state index >= 15 is 0 Å². The van der Waals surface area contributed by atoms with Crippen molar-refractivity contribution in [3.05, 3.63) is 59.7 Å². The highest BCUT2D eigenvalue weighted by molar-refractivity contribution is 5.28. The molecule has 3 nitrogen and oxygen atoms in total. The van der Waals surface area contributed by atoms with Crippen LogP contribution in [0.1, 0.15) is 25.0 Å². The number of nitrogens with one attached hydrogen (secondary N) is 1. The highest BCUT2D eigenvalue weighted by Gasteiger charge is 1.98. The van der Waals surface area contributed by atoms with Crippen LogP contribution in [0.15, 0.2) is 48.5 Å². The summed E-state index contributed by atoms with van der Waals surface area (Å²) in [5, 5.41) is 12.6. The number of benzene rings is 2. The van der Waals surface area contributed by atoms with Gasteiger partial charge in [0.15, 0.2) is 0 Å². The van der Waals surface area contributed by atoms with E-state index in [0.29, 0.717) is 5.75 Å². The monoisotopic (exact) mass is 285 g/mol. The summed E-state index contributed by atoms with van der Waals surface area (Å²) in [6.07, 6.45) is 1.16. The van der Waals surface area contributed by atoms with Gasteiger partial charge in [-0.2, -0.15) is 0 Å². The van der Waals surface area contributed by atoms with Crippen molar-refractivity contribution >= 4 is 0 Å². The second kappa shape index (κ2) is 7.70. The molecule has 112 valence electrons. The Hall–Kier alpha value is -2.00. The third-order valence-corrected chi connectivity index (χ3v) is 3.15. The molecule has 21 heavy (non-hydrogen) atoms. The first-order chi connectivity index (χ1) is 10.1. The zero-order valence-electron chi connectivity index (χ0n) is 12.7. The Morgan fingerprint density at radius 3 is 2.19 bits per heavy atom. The van der Waals surface area contributed by atoms with Gasteiger partial charge in [-0.3, -0.25) is 0 Å². The molecule has 0 heterocycles. The predicted molar refractivity (Wildman–Crippen MR) is 85.7 cm³/mol. The molecule has 2 rings (SSSR count). The fourth-order valence-corrected chi connectivity index (χ4v) is 2.09. The van der Waals surface area contributed by atoms with E-state index in [-0.39, 0.29) is 6.10 Å². The maximum absolute atomic E-state index is 9.23. The molecule has 2 aromatic rings. The van der Waals surface area contributed by atoms with Gasteiger partial charge in [0, 0.05) is 6.54 Å². The smallest absolute Gasteiger partial charge is 0.119 e. The van der Waals surface area contributed by atoms with Gasteiger partial charge in [0.05, 0.1) is 6.10 Å². The summed E-state index contributed by atoms with van der Waals surface area (Å²) in [5.41, 5.74) is 2.47. The topological polar surface area (TPSA) is 41.5 Å². The molecule has 2 aromatic carbocycles. The van der Waals surface area contributed by atoms with Crippen LogP contribution in [-0.4, -0.2) is 17.8 Å². The zero-order valence-corrected chi connectivity index (χ0v) is 12.7. The molecule has 2 N–H and O–H groups in total. The van der Waals surface area contributed by atoms with E-state index < -0.39 is 0 Å². The van der Waals surface area contributed by atoms with Crippen LogP contribution < -0.4 is 10.1 Å². The van der Waals surface area contributed by atoms with Gasteiger partial charge < -0.3 is 15.2 Å². The van der Waals surface area contributed by atoms with Gasteiger partial charge in [-0.1, -0.05) is 24.3 Å². The lowest BCUT2D eigenvalue weighted by Crippen LogP contribution is -2.16. The molecule has 0 aliphatic heterocycles. The largest absolute Gasteiger partial charge is 0.508 e. The van der Waals surface area contributed by atoms with Crippen LogP contribution >= 0.6 is 0 Å². The summed E-state index contributed by atoms with van der Waals surface area (Å²) >= 11 is 0. The Morgan fingerprint density at radius 1 is 0.952 bits per heavy atom. The molecule has 0 fully saturated rings. The second-order valence-electron chi connectivity index (χ2n) is 5.40. The molecular formula is C18H23NO2. The minimum Gasteiger partial charge on any atom is -0.508 e. The SMILES string of the molecule is CC(C)Oc1ccc(CNCCc2ccc(O)cc2)cc1. The van der Waals surface area contributed by atoms with E-state index in [1.807, 2.05) is 38.1 Å². The maximum atomic E-state index is 9.23. The van der Waals surface area contributed by atoms with Crippen LogP contribution in [0.3, 0.4) is 0 Å². The fraction of sp³-hybridized carbons (Fsp3) is 0.333. The molecule has 0 unspecified atom stereocenters. The average Bonchev–Trinajstić information content (AvgIpc) is 2.46. The molecule has 0 radical (unpaired) electrons. The van der Waals surface area contributed by atoms with Crippen LogP contribution in [0.2, 0.25) is 0 Å². The molecule has 0 spiro atoms. The zero-order chi connectivity index (χ0) is 15.1. The Kier molecular flexibility index (Phi) is 5.64. The van der Waals surface area contributed by atoms with Gasteiger partial charge in [-0.05, 0) is 62.2 Å². The Bertz CT molecular complexity index is 532. The average molecular weight is 285 g/mol. The Balaban J connectivity index is 1.72. The normalized spacial score (nSPS) is 10.8. The molecule has 0 aliphatic carbocycles. The molecule has 0 aliphatic rings. The number of phenols is 1. The summed E-state index contributed by atoms with van der Waals surface area (Å²) < 4.78 is 5.62. The van der Waals surface area contributed by atoms with Crippen molar-refractivity contribution in [2.24, 2.45) is 0 Å². The third kappa shape index (κ3) is 5.48. The molecular weight excluding hydrogens is 262 g/mol. The van der Waals surface area contributed by atoms with E-state index in [1.54, 1.807) is 12.1 Å². The van der Waals surface area contributed by atoms with Crippen molar-refractivity contribution in [3.63, 3.8) is 0 Å². The molecule has 0 saturated carbocycles. The van der Waals surface area contributed by atoms with E-state index in [0.717, 1.165) is 25.3 Å². The fourth-order valence-electron chi connectivity index (χ4n) is 2.09. The van der Waals surface area contributed by atoms with Crippen molar-refractivity contribution in [3.8, 4) is 11.5 Å². The Morgan fingerprint density at radius 2 is 1.57 bits per heavy atom. The van der Waals surface area contributed by atoms with Crippen LogP contribution in [-0.2, 0) is 13.0 Å². The quantitative estimate of drug-likeness (QED) is 0.765. The second-order valence-corrected chi connectivity index (χ2v) is 5.40. The van der Waals surface area contributed by atoms with Gasteiger partial charge >= 0.3 is 0 Å². The highest BCUT2D eigenvalue weighted by atomic mass is 16.5. The summed E-state index contributed by atoms with van der Waals surface area (Å²) in [5.74, 6) is 1.23. The van der Waals surface area contributed by atoms with E-state index in [4.69, 9.17) is 4.74 Å². The van der Waals surface area contributed by atoms with Crippen molar-refractivity contribution in [2.45, 2.75) is 32.9 Å². The van der Waals surface area contributed by atoms with E-state index in [2.05, 4.69) is 17.4 Å². The van der Waals surface area contributed by atoms with Crippen LogP contribution in [0.4, 0.5) is 0 Å². The highest BCUT2D eigenvalue weighted by Crippen LogP contribution is 2.14. The molecule has 0 bridgehead atoms. The lowest BCUT2D eigenvalue weighted by molar-refractivity contribution is 0.242. The van der Waals surface area contributed by atoms with Gasteiger partial charge in [0.1, 0.15) is 11.5 Å².